The molecule has 0 N–H and O–H groups in total. The number of hydrogen-bond acceptors (Lipinski definition) is 1. The molecule has 0 saturated carbocycles. The highest BCUT2D eigenvalue weighted by Crippen LogP contribution is 2.57. The summed E-state index contributed by atoms with van der Waals surface area (Å²) in [5.74, 6) is 0. The van der Waals surface area contributed by atoms with Crippen molar-refractivity contribution >= 4 is 63.9 Å². The first-order valence-corrected chi connectivity index (χ1v) is 31.6. The highest BCUT2D eigenvalue weighted by Gasteiger charge is 2.41. The van der Waals surface area contributed by atoms with Gasteiger partial charge in [0, 0.05) is 27.5 Å². The number of halogens is 3. The molecule has 0 radical (unpaired) electrons. The summed E-state index contributed by atoms with van der Waals surface area (Å²) < 4.78 is 47.8. The quantitative estimate of drug-likeness (QED) is 0.0426. The summed E-state index contributed by atoms with van der Waals surface area (Å²) in [6, 6.07) is 44.0. The van der Waals surface area contributed by atoms with Gasteiger partial charge in [0.1, 0.15) is 0 Å². The molecule has 60 heavy (non-hydrogen) atoms. The first kappa shape index (κ1) is 50.6. The normalized spacial score (nSPS) is 13.2. The molecule has 0 fully saturated rings. The van der Waals surface area contributed by atoms with Gasteiger partial charge >= 0.3 is 6.18 Å². The van der Waals surface area contributed by atoms with Crippen LogP contribution in [-0.4, -0.2) is 26.6 Å². The molecule has 4 aromatic carbocycles. The Morgan fingerprint density at radius 1 is 0.450 bits per heavy atom. The molecule has 1 unspecified atom stereocenters. The molecule has 0 bridgehead atoms. The van der Waals surface area contributed by atoms with E-state index in [1.807, 2.05) is 18.2 Å². The van der Waals surface area contributed by atoms with E-state index in [0.29, 0.717) is 5.30 Å². The minimum Gasteiger partial charge on any atom is -0.242 e. The third-order valence-corrected chi connectivity index (χ3v) is 29.8. The summed E-state index contributed by atoms with van der Waals surface area (Å²) in [7, 11) is -6.32. The van der Waals surface area contributed by atoms with Gasteiger partial charge in [0.15, 0.2) is 0 Å². The van der Waals surface area contributed by atoms with Gasteiger partial charge in [0.25, 0.3) is 0 Å². The van der Waals surface area contributed by atoms with Crippen molar-refractivity contribution < 1.29 is 13.2 Å². The number of benzene rings is 4. The zero-order valence-electron chi connectivity index (χ0n) is 38.6. The average Bonchev–Trinajstić information content (AvgIpc) is 3.26. The van der Waals surface area contributed by atoms with E-state index in [2.05, 4.69) is 120 Å². The fourth-order valence-electron chi connectivity index (χ4n) is 9.39. The van der Waals surface area contributed by atoms with Crippen LogP contribution in [-0.2, 0) is 6.18 Å². The lowest BCUT2D eigenvalue weighted by Crippen LogP contribution is -2.48. The second-order valence-electron chi connectivity index (χ2n) is 17.7. The van der Waals surface area contributed by atoms with Crippen molar-refractivity contribution in [3.63, 3.8) is 0 Å². The van der Waals surface area contributed by atoms with Gasteiger partial charge in [-0.05, 0) is 35.8 Å². The fourth-order valence-corrected chi connectivity index (χ4v) is 26.9. The van der Waals surface area contributed by atoms with Gasteiger partial charge in [-0.25, -0.2) is 4.44 Å². The maximum absolute atomic E-state index is 15.1. The van der Waals surface area contributed by atoms with Crippen molar-refractivity contribution in [3.8, 4) is 0 Å². The standard InChI is InChI=1S/C52H78F3NP2Si2/c1-9-15-38-59(39-16-10-2,40-17-11-3)48-34-30-46(31-35-48)57(47-32-36-49(37-33-47)60(41-18-12-4,42-19-13-5)43-20-14-6)56(44(7)8)58(45-26-22-21-23-27-45)51-29-25-24-28-50(51)52(53,54)55/h21-37,44H,9-20,38-43H2,1-8H3. The lowest BCUT2D eigenvalue weighted by atomic mass is 10.2. The molecule has 0 aliphatic carbocycles. The molecule has 1 nitrogen and oxygen atoms in total. The van der Waals surface area contributed by atoms with Crippen molar-refractivity contribution in [1.82, 2.24) is 4.44 Å². The van der Waals surface area contributed by atoms with Gasteiger partial charge in [-0.1, -0.05) is 262 Å². The van der Waals surface area contributed by atoms with Gasteiger partial charge in [0.2, 0.25) is 0 Å². The molecule has 4 rings (SSSR count). The third-order valence-electron chi connectivity index (χ3n) is 12.8. The van der Waals surface area contributed by atoms with Crippen LogP contribution in [0.25, 0.3) is 0 Å². The first-order valence-electron chi connectivity index (χ1n) is 23.8. The molecule has 0 heterocycles. The molecule has 0 aliphatic heterocycles. The number of hydrogen-bond donors (Lipinski definition) is 0. The predicted molar refractivity (Wildman–Crippen MR) is 269 cm³/mol. The predicted octanol–water partition coefficient (Wildman–Crippen LogP) is 14.9. The third kappa shape index (κ3) is 13.2. The van der Waals surface area contributed by atoms with Crippen molar-refractivity contribution in [2.45, 2.75) is 181 Å². The minimum absolute atomic E-state index is 0.0256. The van der Waals surface area contributed by atoms with Crippen LogP contribution in [0.1, 0.15) is 138 Å². The van der Waals surface area contributed by atoms with E-state index in [4.69, 9.17) is 0 Å². The second-order valence-corrected chi connectivity index (χ2v) is 31.4. The summed E-state index contributed by atoms with van der Waals surface area (Å²) in [5, 5.41) is 6.96. The van der Waals surface area contributed by atoms with Gasteiger partial charge in [-0.2, -0.15) is 13.2 Å². The van der Waals surface area contributed by atoms with Crippen molar-refractivity contribution in [3.05, 3.63) is 109 Å². The Labute approximate surface area is 369 Å². The van der Waals surface area contributed by atoms with Crippen LogP contribution in [0.2, 0.25) is 36.3 Å². The molecular weight excluding hydrogens is 814 g/mol. The van der Waals surface area contributed by atoms with E-state index in [-0.39, 0.29) is 6.04 Å². The van der Waals surface area contributed by atoms with Crippen LogP contribution < -0.4 is 31.6 Å². The Balaban J connectivity index is 2.02. The summed E-state index contributed by atoms with van der Waals surface area (Å²) in [6.07, 6.45) is 10.5. The Morgan fingerprint density at radius 3 is 1.12 bits per heavy atom. The maximum Gasteiger partial charge on any atom is 0.417 e. The average molecular weight is 892 g/mol. The molecule has 4 aromatic rings. The van der Waals surface area contributed by atoms with E-state index >= 15 is 13.2 Å². The van der Waals surface area contributed by atoms with Gasteiger partial charge < -0.3 is 0 Å². The van der Waals surface area contributed by atoms with Crippen LogP contribution in [0.4, 0.5) is 13.2 Å². The maximum atomic E-state index is 15.1. The Bertz CT molecular complexity index is 1660. The van der Waals surface area contributed by atoms with Crippen molar-refractivity contribution in [2.24, 2.45) is 0 Å². The Kier molecular flexibility index (Phi) is 21.3. The van der Waals surface area contributed by atoms with E-state index < -0.39 is 44.0 Å². The molecule has 8 heteroatoms. The second kappa shape index (κ2) is 25.3. The summed E-state index contributed by atoms with van der Waals surface area (Å²) in [4.78, 5) is 0. The largest absolute Gasteiger partial charge is 0.417 e. The van der Waals surface area contributed by atoms with Crippen LogP contribution in [0.5, 0.6) is 0 Å². The van der Waals surface area contributed by atoms with E-state index in [9.17, 15) is 0 Å². The van der Waals surface area contributed by atoms with Crippen LogP contribution in [0.15, 0.2) is 103 Å². The summed E-state index contributed by atoms with van der Waals surface area (Å²) >= 11 is 0. The van der Waals surface area contributed by atoms with Crippen LogP contribution in [0, 0.1) is 0 Å². The molecule has 0 spiro atoms. The number of alkyl halides is 3. The van der Waals surface area contributed by atoms with Crippen LogP contribution >= 0.6 is 16.1 Å². The fraction of sp³-hybridized carbons (Fsp3) is 0.538. The Morgan fingerprint density at radius 2 is 0.783 bits per heavy atom. The number of nitrogens with zero attached hydrogens (tertiary/aromatic N) is 1. The molecule has 0 aliphatic rings. The highest BCUT2D eigenvalue weighted by atomic mass is 31.2. The first-order chi connectivity index (χ1) is 29.0. The van der Waals surface area contributed by atoms with E-state index in [1.54, 1.807) is 28.6 Å². The zero-order chi connectivity index (χ0) is 43.6. The monoisotopic (exact) mass is 892 g/mol. The lowest BCUT2D eigenvalue weighted by Gasteiger charge is -2.42. The Hall–Kier alpha value is -2.08. The highest BCUT2D eigenvalue weighted by molar-refractivity contribution is 7.84. The molecule has 0 amide bonds. The number of rotatable bonds is 27. The topological polar surface area (TPSA) is 3.24 Å². The zero-order valence-corrected chi connectivity index (χ0v) is 42.4. The molecule has 1 atom stereocenters. The lowest BCUT2D eigenvalue weighted by molar-refractivity contribution is -0.136. The summed E-state index contributed by atoms with van der Waals surface area (Å²) in [5.41, 5.74) is -0.525. The van der Waals surface area contributed by atoms with E-state index in [0.717, 1.165) is 5.30 Å². The van der Waals surface area contributed by atoms with E-state index in [1.165, 1.54) is 130 Å². The van der Waals surface area contributed by atoms with Crippen LogP contribution in [0.3, 0.4) is 0 Å². The van der Waals surface area contributed by atoms with Crippen molar-refractivity contribution in [2.75, 3.05) is 0 Å². The molecule has 330 valence electrons. The minimum atomic E-state index is -4.46. The molecule has 0 saturated heterocycles. The SMILES string of the molecule is CCCC[Si](CCCC)(CCCC)c1ccc(P(c2ccc([Si](CCCC)(CCCC)CCCC)cc2)N(C(C)C)P(c2ccccc2)c2ccccc2C(F)(F)F)cc1. The van der Waals surface area contributed by atoms with Crippen molar-refractivity contribution in [1.29, 1.82) is 0 Å². The number of unbranched alkanes of at least 4 members (excludes halogenated alkanes) is 6. The smallest absolute Gasteiger partial charge is 0.242 e. The van der Waals surface area contributed by atoms with Gasteiger partial charge in [-0.3, -0.25) is 0 Å². The molecule has 0 aromatic heterocycles. The summed E-state index contributed by atoms with van der Waals surface area (Å²) in [6.45, 7) is 18.4. The molecular formula is C52H78F3NP2Si2. The van der Waals surface area contributed by atoms with Gasteiger partial charge in [0.05, 0.1) is 21.7 Å². The van der Waals surface area contributed by atoms with Gasteiger partial charge in [-0.15, -0.1) is 0 Å².